The lowest BCUT2D eigenvalue weighted by atomic mass is 10.1. The Morgan fingerprint density at radius 3 is 2.23 bits per heavy atom. The number of nitriles is 1. The van der Waals surface area contributed by atoms with Crippen LogP contribution in [0.1, 0.15) is 45.7 Å². The van der Waals surface area contributed by atoms with Crippen LogP contribution in [0, 0.1) is 11.3 Å². The predicted octanol–water partition coefficient (Wildman–Crippen LogP) is 4.86. The zero-order chi connectivity index (χ0) is 21.5. The van der Waals surface area contributed by atoms with Gasteiger partial charge in [-0.2, -0.15) is 5.26 Å². The summed E-state index contributed by atoms with van der Waals surface area (Å²) in [5.41, 5.74) is 3.06. The van der Waals surface area contributed by atoms with E-state index in [9.17, 15) is 9.59 Å². The Kier molecular flexibility index (Phi) is 6.61. The van der Waals surface area contributed by atoms with Gasteiger partial charge in [0, 0.05) is 29.4 Å². The van der Waals surface area contributed by atoms with E-state index >= 15 is 0 Å². The van der Waals surface area contributed by atoms with Crippen LogP contribution in [0.25, 0.3) is 0 Å². The molecule has 0 heterocycles. The number of anilines is 1. The highest BCUT2D eigenvalue weighted by atomic mass is 16.2. The smallest absolute Gasteiger partial charge is 0.255 e. The number of nitrogens with zero attached hydrogens (tertiary/aromatic N) is 2. The van der Waals surface area contributed by atoms with Crippen molar-refractivity contribution in [3.63, 3.8) is 0 Å². The van der Waals surface area contributed by atoms with Gasteiger partial charge in [-0.1, -0.05) is 36.4 Å². The highest BCUT2D eigenvalue weighted by molar-refractivity contribution is 6.05. The first kappa shape index (κ1) is 20.8. The number of rotatable bonds is 6. The monoisotopic (exact) mass is 397 g/mol. The SMILES string of the molecule is CC(C)N(Cc1ccccc1)C(=O)c1ccc(C(=O)Nc2cccc(C#N)c2)cc1. The van der Waals surface area contributed by atoms with Gasteiger partial charge in [-0.05, 0) is 61.9 Å². The third kappa shape index (κ3) is 5.12. The van der Waals surface area contributed by atoms with Crippen LogP contribution in [0.3, 0.4) is 0 Å². The van der Waals surface area contributed by atoms with Crippen molar-refractivity contribution in [1.82, 2.24) is 4.90 Å². The van der Waals surface area contributed by atoms with Gasteiger partial charge < -0.3 is 10.2 Å². The number of hydrogen-bond donors (Lipinski definition) is 1. The van der Waals surface area contributed by atoms with Gasteiger partial charge in [-0.15, -0.1) is 0 Å². The van der Waals surface area contributed by atoms with Gasteiger partial charge in [-0.3, -0.25) is 9.59 Å². The molecule has 5 heteroatoms. The number of hydrogen-bond acceptors (Lipinski definition) is 3. The lowest BCUT2D eigenvalue weighted by molar-refractivity contribution is 0.0690. The number of amides is 2. The molecule has 0 fully saturated rings. The van der Waals surface area contributed by atoms with E-state index in [2.05, 4.69) is 5.32 Å². The Bertz CT molecular complexity index is 1070. The van der Waals surface area contributed by atoms with E-state index in [1.54, 1.807) is 53.4 Å². The summed E-state index contributed by atoms with van der Waals surface area (Å²) in [6.45, 7) is 4.49. The van der Waals surface area contributed by atoms with Gasteiger partial charge >= 0.3 is 0 Å². The number of carbonyl (C=O) groups excluding carboxylic acids is 2. The van der Waals surface area contributed by atoms with Crippen molar-refractivity contribution in [3.8, 4) is 6.07 Å². The number of benzene rings is 3. The lowest BCUT2D eigenvalue weighted by Gasteiger charge is -2.27. The molecule has 0 radical (unpaired) electrons. The van der Waals surface area contributed by atoms with Crippen molar-refractivity contribution in [3.05, 3.63) is 101 Å². The number of nitrogens with one attached hydrogen (secondary N) is 1. The topological polar surface area (TPSA) is 73.2 Å². The average molecular weight is 397 g/mol. The van der Waals surface area contributed by atoms with Crippen molar-refractivity contribution >= 4 is 17.5 Å². The van der Waals surface area contributed by atoms with E-state index in [0.717, 1.165) is 5.56 Å². The van der Waals surface area contributed by atoms with E-state index in [1.807, 2.05) is 50.2 Å². The second kappa shape index (κ2) is 9.53. The van der Waals surface area contributed by atoms with Gasteiger partial charge in [0.05, 0.1) is 11.6 Å². The van der Waals surface area contributed by atoms with Gasteiger partial charge in [0.15, 0.2) is 0 Å². The highest BCUT2D eigenvalue weighted by Crippen LogP contribution is 2.16. The average Bonchev–Trinajstić information content (AvgIpc) is 2.77. The molecule has 5 nitrogen and oxygen atoms in total. The van der Waals surface area contributed by atoms with E-state index in [1.165, 1.54) is 0 Å². The molecule has 0 aliphatic heterocycles. The Balaban J connectivity index is 1.72. The van der Waals surface area contributed by atoms with Gasteiger partial charge in [0.1, 0.15) is 0 Å². The third-order valence-electron chi connectivity index (χ3n) is 4.72. The fourth-order valence-corrected chi connectivity index (χ4v) is 3.07. The van der Waals surface area contributed by atoms with Crippen LogP contribution in [0.4, 0.5) is 5.69 Å². The molecule has 0 saturated carbocycles. The van der Waals surface area contributed by atoms with Crippen LogP contribution in [0.5, 0.6) is 0 Å². The predicted molar refractivity (Wildman–Crippen MR) is 117 cm³/mol. The molecule has 0 spiro atoms. The fraction of sp³-hybridized carbons (Fsp3) is 0.160. The number of carbonyl (C=O) groups is 2. The zero-order valence-corrected chi connectivity index (χ0v) is 17.0. The summed E-state index contributed by atoms with van der Waals surface area (Å²) < 4.78 is 0. The van der Waals surface area contributed by atoms with E-state index in [-0.39, 0.29) is 17.9 Å². The standard InChI is InChI=1S/C25H23N3O2/c1-18(2)28(17-19-7-4-3-5-8-19)25(30)22-13-11-21(12-14-22)24(29)27-23-10-6-9-20(15-23)16-26/h3-15,18H,17H2,1-2H3,(H,27,29). The summed E-state index contributed by atoms with van der Waals surface area (Å²) in [7, 11) is 0. The second-order valence-electron chi connectivity index (χ2n) is 7.24. The molecule has 0 unspecified atom stereocenters. The molecule has 0 atom stereocenters. The molecule has 3 aromatic carbocycles. The summed E-state index contributed by atoms with van der Waals surface area (Å²) >= 11 is 0. The zero-order valence-electron chi connectivity index (χ0n) is 17.0. The van der Waals surface area contributed by atoms with Crippen LogP contribution in [0.2, 0.25) is 0 Å². The third-order valence-corrected chi connectivity index (χ3v) is 4.72. The van der Waals surface area contributed by atoms with E-state index < -0.39 is 0 Å². The Morgan fingerprint density at radius 2 is 1.60 bits per heavy atom. The second-order valence-corrected chi connectivity index (χ2v) is 7.24. The molecule has 3 rings (SSSR count). The maximum atomic E-state index is 13.0. The van der Waals surface area contributed by atoms with E-state index in [0.29, 0.717) is 28.9 Å². The summed E-state index contributed by atoms with van der Waals surface area (Å²) in [4.78, 5) is 27.3. The first-order valence-electron chi connectivity index (χ1n) is 9.74. The van der Waals surface area contributed by atoms with Gasteiger partial charge in [-0.25, -0.2) is 0 Å². The van der Waals surface area contributed by atoms with Crippen molar-refractivity contribution in [1.29, 1.82) is 5.26 Å². The molecule has 0 aliphatic carbocycles. The van der Waals surface area contributed by atoms with Crippen LogP contribution in [-0.2, 0) is 6.54 Å². The first-order chi connectivity index (χ1) is 14.5. The molecule has 3 aromatic rings. The van der Waals surface area contributed by atoms with Crippen molar-refractivity contribution in [2.75, 3.05) is 5.32 Å². The maximum absolute atomic E-state index is 13.0. The molecule has 0 aromatic heterocycles. The molecule has 2 amide bonds. The van der Waals surface area contributed by atoms with Crippen LogP contribution in [-0.4, -0.2) is 22.8 Å². The highest BCUT2D eigenvalue weighted by Gasteiger charge is 2.19. The Morgan fingerprint density at radius 1 is 0.933 bits per heavy atom. The van der Waals surface area contributed by atoms with Gasteiger partial charge in [0.2, 0.25) is 0 Å². The van der Waals surface area contributed by atoms with Crippen LogP contribution < -0.4 is 5.32 Å². The summed E-state index contributed by atoms with van der Waals surface area (Å²) in [6.07, 6.45) is 0. The summed E-state index contributed by atoms with van der Waals surface area (Å²) in [5, 5.41) is 11.7. The van der Waals surface area contributed by atoms with Gasteiger partial charge in [0.25, 0.3) is 11.8 Å². The minimum atomic E-state index is -0.297. The fourth-order valence-electron chi connectivity index (χ4n) is 3.07. The summed E-state index contributed by atoms with van der Waals surface area (Å²) in [5.74, 6) is -0.378. The molecule has 1 N–H and O–H groups in total. The molecule has 30 heavy (non-hydrogen) atoms. The van der Waals surface area contributed by atoms with Crippen LogP contribution >= 0.6 is 0 Å². The molecule has 0 aliphatic rings. The minimum absolute atomic E-state index is 0.0353. The molecular formula is C25H23N3O2. The molecular weight excluding hydrogens is 374 g/mol. The van der Waals surface area contributed by atoms with Crippen molar-refractivity contribution in [2.45, 2.75) is 26.4 Å². The van der Waals surface area contributed by atoms with Crippen molar-refractivity contribution in [2.24, 2.45) is 0 Å². The molecule has 150 valence electrons. The summed E-state index contributed by atoms with van der Waals surface area (Å²) in [6, 6.07) is 25.3. The first-order valence-corrected chi connectivity index (χ1v) is 9.74. The molecule has 0 saturated heterocycles. The van der Waals surface area contributed by atoms with Crippen LogP contribution in [0.15, 0.2) is 78.9 Å². The van der Waals surface area contributed by atoms with E-state index in [4.69, 9.17) is 5.26 Å². The largest absolute Gasteiger partial charge is 0.332 e. The molecule has 0 bridgehead atoms. The van der Waals surface area contributed by atoms with Crippen molar-refractivity contribution < 1.29 is 9.59 Å². The normalized spacial score (nSPS) is 10.3. The Labute approximate surface area is 176 Å². The Hall–Kier alpha value is -3.91. The quantitative estimate of drug-likeness (QED) is 0.645. The maximum Gasteiger partial charge on any atom is 0.255 e. The lowest BCUT2D eigenvalue weighted by Crippen LogP contribution is -2.36. The minimum Gasteiger partial charge on any atom is -0.332 e.